The lowest BCUT2D eigenvalue weighted by molar-refractivity contribution is 0.282. The fourth-order valence-electron chi connectivity index (χ4n) is 2.23. The molecule has 2 aromatic rings. The van der Waals surface area contributed by atoms with Gasteiger partial charge in [0.2, 0.25) is 0 Å². The van der Waals surface area contributed by atoms with Crippen molar-refractivity contribution in [1.29, 1.82) is 0 Å². The van der Waals surface area contributed by atoms with E-state index >= 15 is 0 Å². The van der Waals surface area contributed by atoms with Crippen molar-refractivity contribution in [3.05, 3.63) is 54.6 Å². The van der Waals surface area contributed by atoms with Crippen molar-refractivity contribution >= 4 is 11.6 Å². The van der Waals surface area contributed by atoms with Crippen molar-refractivity contribution in [3.63, 3.8) is 0 Å². The Kier molecular flexibility index (Phi) is 7.63. The van der Waals surface area contributed by atoms with Crippen molar-refractivity contribution in [1.82, 2.24) is 0 Å². The van der Waals surface area contributed by atoms with E-state index in [1.165, 1.54) is 0 Å². The molecule has 2 rings (SSSR count). The second-order valence-corrected chi connectivity index (χ2v) is 5.47. The summed E-state index contributed by atoms with van der Waals surface area (Å²) in [4.78, 5) is 4.31. The highest BCUT2D eigenvalue weighted by atomic mass is 16.5. The Bertz CT molecular complexity index is 630. The molecule has 0 aliphatic carbocycles. The lowest BCUT2D eigenvalue weighted by Crippen LogP contribution is -2.22. The van der Waals surface area contributed by atoms with Crippen LogP contribution in [-0.4, -0.2) is 24.2 Å². The molecule has 4 N–H and O–H groups in total. The summed E-state index contributed by atoms with van der Waals surface area (Å²) in [6.07, 6.45) is 3.90. The molecule has 0 heterocycles. The van der Waals surface area contributed by atoms with Gasteiger partial charge in [-0.2, -0.15) is 0 Å². The molecule has 128 valence electrons. The number of benzene rings is 2. The fourth-order valence-corrected chi connectivity index (χ4v) is 2.23. The number of nitrogens with one attached hydrogen (secondary N) is 1. The van der Waals surface area contributed by atoms with Crippen LogP contribution in [0.3, 0.4) is 0 Å². The fraction of sp³-hybridized carbons (Fsp3) is 0.316. The molecule has 24 heavy (non-hydrogen) atoms. The van der Waals surface area contributed by atoms with Crippen molar-refractivity contribution < 1.29 is 9.84 Å². The van der Waals surface area contributed by atoms with Crippen LogP contribution >= 0.6 is 0 Å². The van der Waals surface area contributed by atoms with Gasteiger partial charge >= 0.3 is 0 Å². The minimum absolute atomic E-state index is 0.258. The standard InChI is InChI=1S/C19H25N3O2/c20-19(21-13-6-1-2-7-14-23)22-16-9-8-12-18(15-16)24-17-10-4-3-5-11-17/h3-5,8-12,15,23H,1-2,6-7,13-14H2,(H3,20,21,22). The van der Waals surface area contributed by atoms with E-state index in [1.54, 1.807) is 0 Å². The van der Waals surface area contributed by atoms with E-state index in [9.17, 15) is 0 Å². The van der Waals surface area contributed by atoms with Gasteiger partial charge in [0.25, 0.3) is 0 Å². The summed E-state index contributed by atoms with van der Waals surface area (Å²) < 4.78 is 5.80. The number of para-hydroxylation sites is 1. The number of ether oxygens (including phenoxy) is 1. The molecule has 0 amide bonds. The summed E-state index contributed by atoms with van der Waals surface area (Å²) in [6.45, 7) is 0.943. The number of rotatable bonds is 9. The molecule has 0 fully saturated rings. The number of anilines is 1. The smallest absolute Gasteiger partial charge is 0.193 e. The first-order valence-corrected chi connectivity index (χ1v) is 8.29. The number of hydrogen-bond donors (Lipinski definition) is 3. The van der Waals surface area contributed by atoms with Crippen molar-refractivity contribution in [2.24, 2.45) is 10.7 Å². The Morgan fingerprint density at radius 3 is 2.50 bits per heavy atom. The van der Waals surface area contributed by atoms with Crippen LogP contribution in [0.5, 0.6) is 11.5 Å². The van der Waals surface area contributed by atoms with Gasteiger partial charge in [-0.1, -0.05) is 37.1 Å². The molecule has 0 radical (unpaired) electrons. The van der Waals surface area contributed by atoms with E-state index < -0.39 is 0 Å². The van der Waals surface area contributed by atoms with Crippen LogP contribution in [0, 0.1) is 0 Å². The molecule has 0 saturated carbocycles. The summed E-state index contributed by atoms with van der Waals surface area (Å²) in [7, 11) is 0. The van der Waals surface area contributed by atoms with E-state index in [-0.39, 0.29) is 6.61 Å². The van der Waals surface area contributed by atoms with Gasteiger partial charge in [-0.05, 0) is 37.1 Å². The minimum Gasteiger partial charge on any atom is -0.457 e. The first-order chi connectivity index (χ1) is 11.8. The number of aliphatic hydroxyl groups is 1. The SMILES string of the molecule is NC(=NCCCCCCO)Nc1cccc(Oc2ccccc2)c1. The quantitative estimate of drug-likeness (QED) is 0.372. The van der Waals surface area contributed by atoms with Crippen molar-refractivity contribution in [3.8, 4) is 11.5 Å². The van der Waals surface area contributed by atoms with Gasteiger partial charge in [-0.25, -0.2) is 0 Å². The van der Waals surface area contributed by atoms with Crippen LogP contribution in [0.4, 0.5) is 5.69 Å². The second-order valence-electron chi connectivity index (χ2n) is 5.47. The molecule has 2 aromatic carbocycles. The average molecular weight is 327 g/mol. The zero-order chi connectivity index (χ0) is 17.0. The summed E-state index contributed by atoms with van der Waals surface area (Å²) in [5.41, 5.74) is 6.75. The third-order valence-corrected chi connectivity index (χ3v) is 3.43. The highest BCUT2D eigenvalue weighted by Gasteiger charge is 2.00. The number of unbranched alkanes of at least 4 members (excludes halogenated alkanes) is 3. The molecule has 0 saturated heterocycles. The maximum Gasteiger partial charge on any atom is 0.193 e. The Morgan fingerprint density at radius 1 is 0.958 bits per heavy atom. The Labute approximate surface area is 143 Å². The Balaban J connectivity index is 1.82. The molecule has 5 nitrogen and oxygen atoms in total. The maximum absolute atomic E-state index is 8.72. The van der Waals surface area contributed by atoms with Crippen LogP contribution in [-0.2, 0) is 0 Å². The van der Waals surface area contributed by atoms with E-state index in [4.69, 9.17) is 15.6 Å². The normalized spacial score (nSPS) is 11.3. The number of aliphatic imine (C=N–C) groups is 1. The number of nitrogens with zero attached hydrogens (tertiary/aromatic N) is 1. The van der Waals surface area contributed by atoms with Gasteiger partial charge < -0.3 is 20.9 Å². The molecular formula is C19H25N3O2. The van der Waals surface area contributed by atoms with Crippen LogP contribution < -0.4 is 15.8 Å². The number of hydrogen-bond acceptors (Lipinski definition) is 3. The van der Waals surface area contributed by atoms with E-state index in [0.717, 1.165) is 42.9 Å². The zero-order valence-corrected chi connectivity index (χ0v) is 13.8. The van der Waals surface area contributed by atoms with E-state index in [0.29, 0.717) is 12.5 Å². The first-order valence-electron chi connectivity index (χ1n) is 8.29. The largest absolute Gasteiger partial charge is 0.457 e. The Morgan fingerprint density at radius 2 is 1.71 bits per heavy atom. The summed E-state index contributed by atoms with van der Waals surface area (Å²) in [5.74, 6) is 1.93. The molecule has 0 atom stereocenters. The van der Waals surface area contributed by atoms with E-state index in [1.807, 2.05) is 54.6 Å². The summed E-state index contributed by atoms with van der Waals surface area (Å²) in [6, 6.07) is 17.2. The van der Waals surface area contributed by atoms with Crippen LogP contribution in [0.2, 0.25) is 0 Å². The maximum atomic E-state index is 8.72. The lowest BCUT2D eigenvalue weighted by atomic mass is 10.2. The van der Waals surface area contributed by atoms with Gasteiger partial charge in [0.05, 0.1) is 0 Å². The molecule has 5 heteroatoms. The molecule has 0 spiro atoms. The molecule has 0 aliphatic rings. The monoisotopic (exact) mass is 327 g/mol. The highest BCUT2D eigenvalue weighted by molar-refractivity contribution is 5.92. The summed E-state index contributed by atoms with van der Waals surface area (Å²) in [5, 5.41) is 11.8. The van der Waals surface area contributed by atoms with E-state index in [2.05, 4.69) is 10.3 Å². The number of aliphatic hydroxyl groups excluding tert-OH is 1. The van der Waals surface area contributed by atoms with Crippen LogP contribution in [0.1, 0.15) is 25.7 Å². The minimum atomic E-state index is 0.258. The predicted octanol–water partition coefficient (Wildman–Crippen LogP) is 3.76. The van der Waals surface area contributed by atoms with Gasteiger partial charge in [0.15, 0.2) is 5.96 Å². The molecule has 0 bridgehead atoms. The Hall–Kier alpha value is -2.53. The molecule has 0 unspecified atom stereocenters. The van der Waals surface area contributed by atoms with Crippen LogP contribution in [0.15, 0.2) is 59.6 Å². The van der Waals surface area contributed by atoms with Gasteiger partial charge in [0.1, 0.15) is 11.5 Å². The zero-order valence-electron chi connectivity index (χ0n) is 13.8. The third-order valence-electron chi connectivity index (χ3n) is 3.43. The molecular weight excluding hydrogens is 302 g/mol. The number of nitrogens with two attached hydrogens (primary N) is 1. The van der Waals surface area contributed by atoms with Gasteiger partial charge in [-0.15, -0.1) is 0 Å². The summed E-state index contributed by atoms with van der Waals surface area (Å²) >= 11 is 0. The lowest BCUT2D eigenvalue weighted by Gasteiger charge is -2.09. The topological polar surface area (TPSA) is 79.9 Å². The predicted molar refractivity (Wildman–Crippen MR) is 98.6 cm³/mol. The first kappa shape index (κ1) is 17.8. The van der Waals surface area contributed by atoms with Gasteiger partial charge in [-0.3, -0.25) is 4.99 Å². The molecule has 0 aliphatic heterocycles. The van der Waals surface area contributed by atoms with Crippen LogP contribution in [0.25, 0.3) is 0 Å². The van der Waals surface area contributed by atoms with Crippen molar-refractivity contribution in [2.45, 2.75) is 25.7 Å². The van der Waals surface area contributed by atoms with Gasteiger partial charge in [0, 0.05) is 24.9 Å². The molecule has 0 aromatic heterocycles. The average Bonchev–Trinajstić information content (AvgIpc) is 2.59. The highest BCUT2D eigenvalue weighted by Crippen LogP contribution is 2.23. The third kappa shape index (κ3) is 6.71. The van der Waals surface area contributed by atoms with Crippen molar-refractivity contribution in [2.75, 3.05) is 18.5 Å². The number of guanidine groups is 1. The second kappa shape index (κ2) is 10.3.